The van der Waals surface area contributed by atoms with Crippen LogP contribution >= 0.6 is 0 Å². The highest BCUT2D eigenvalue weighted by atomic mass is 14.8. The summed E-state index contributed by atoms with van der Waals surface area (Å²) < 4.78 is 0. The molecule has 0 aromatic rings. The van der Waals surface area contributed by atoms with Crippen LogP contribution in [0, 0.1) is 76.4 Å². The fourth-order valence-corrected chi connectivity index (χ4v) is 8.04. The molecule has 0 heterocycles. The average Bonchev–Trinajstić information content (AvgIpc) is 3.50. The van der Waals surface area contributed by atoms with Gasteiger partial charge in [-0.2, -0.15) is 0 Å². The summed E-state index contributed by atoms with van der Waals surface area (Å²) in [5.74, 6) is 11.4. The molecular weight excluding hydrogens is 300 g/mol. The van der Waals surface area contributed by atoms with Crippen molar-refractivity contribution in [3.63, 3.8) is 0 Å². The number of hydrogen-bond donors (Lipinski definition) is 0. The molecule has 0 nitrogen and oxygen atoms in total. The molecule has 12 unspecified atom stereocenters. The minimum Gasteiger partial charge on any atom is -0.0651 e. The van der Waals surface area contributed by atoms with Gasteiger partial charge in [-0.15, -0.1) is 0 Å². The second kappa shape index (κ2) is 6.56. The predicted octanol–water partition coefficient (Wildman–Crippen LogP) is 7.39. The predicted molar refractivity (Wildman–Crippen MR) is 110 cm³/mol. The molecule has 0 heteroatoms. The molecule has 25 heavy (non-hydrogen) atoms. The zero-order chi connectivity index (χ0) is 18.8. The maximum Gasteiger partial charge on any atom is -0.0201 e. The van der Waals surface area contributed by atoms with E-state index in [0.717, 1.165) is 76.4 Å². The van der Waals surface area contributed by atoms with Gasteiger partial charge in [0.05, 0.1) is 0 Å². The minimum atomic E-state index is 0.773. The summed E-state index contributed by atoms with van der Waals surface area (Å²) in [6, 6.07) is 0. The van der Waals surface area contributed by atoms with Crippen molar-refractivity contribution in [3.05, 3.63) is 0 Å². The second-order valence-electron chi connectivity index (χ2n) is 11.3. The summed E-state index contributed by atoms with van der Waals surface area (Å²) >= 11 is 0. The largest absolute Gasteiger partial charge is 0.0651 e. The highest BCUT2D eigenvalue weighted by Crippen LogP contribution is 2.82. The van der Waals surface area contributed by atoms with Crippen LogP contribution in [-0.2, 0) is 0 Å². The summed E-state index contributed by atoms with van der Waals surface area (Å²) in [6.45, 7) is 25.2. The number of rotatable bonds is 8. The molecule has 0 saturated heterocycles. The third-order valence-electron chi connectivity index (χ3n) is 10.4. The van der Waals surface area contributed by atoms with Gasteiger partial charge >= 0.3 is 0 Å². The Hall–Kier alpha value is 0. The van der Waals surface area contributed by atoms with Gasteiger partial charge in [0.25, 0.3) is 0 Å². The second-order valence-corrected chi connectivity index (χ2v) is 11.3. The normalized spacial score (nSPS) is 48.1. The molecule has 0 aromatic carbocycles. The van der Waals surface area contributed by atoms with Crippen LogP contribution in [-0.4, -0.2) is 0 Å². The van der Waals surface area contributed by atoms with Gasteiger partial charge in [-0.3, -0.25) is 0 Å². The monoisotopic (exact) mass is 346 g/mol. The first-order valence-corrected chi connectivity index (χ1v) is 11.6. The first-order chi connectivity index (χ1) is 11.6. The molecule has 0 aromatic heterocycles. The molecule has 146 valence electrons. The molecule has 3 aliphatic carbocycles. The topological polar surface area (TPSA) is 0 Å². The first-order valence-electron chi connectivity index (χ1n) is 11.6. The molecule has 3 aliphatic rings. The van der Waals surface area contributed by atoms with Gasteiger partial charge < -0.3 is 0 Å². The average molecular weight is 347 g/mol. The van der Waals surface area contributed by atoms with Crippen LogP contribution in [0.2, 0.25) is 0 Å². The highest BCUT2D eigenvalue weighted by Gasteiger charge is 2.76. The third-order valence-corrected chi connectivity index (χ3v) is 10.4. The Morgan fingerprint density at radius 3 is 1.84 bits per heavy atom. The van der Waals surface area contributed by atoms with E-state index in [2.05, 4.69) is 69.2 Å². The lowest BCUT2D eigenvalue weighted by Gasteiger charge is -2.35. The molecule has 1 spiro atoms. The van der Waals surface area contributed by atoms with Crippen LogP contribution in [0.15, 0.2) is 0 Å². The van der Waals surface area contributed by atoms with Gasteiger partial charge in [0.1, 0.15) is 0 Å². The molecule has 0 radical (unpaired) electrons. The van der Waals surface area contributed by atoms with Crippen LogP contribution in [0.5, 0.6) is 0 Å². The molecule has 0 N–H and O–H groups in total. The van der Waals surface area contributed by atoms with Crippen molar-refractivity contribution in [1.29, 1.82) is 0 Å². The Morgan fingerprint density at radius 2 is 1.40 bits per heavy atom. The van der Waals surface area contributed by atoms with E-state index in [-0.39, 0.29) is 0 Å². The number of hydrogen-bond acceptors (Lipinski definition) is 0. The fraction of sp³-hybridized carbons (Fsp3) is 1.00. The molecule has 0 bridgehead atoms. The Morgan fingerprint density at radius 1 is 0.840 bits per heavy atom. The third kappa shape index (κ3) is 2.93. The van der Waals surface area contributed by atoms with Crippen molar-refractivity contribution in [1.82, 2.24) is 0 Å². The molecule has 3 rings (SSSR count). The van der Waals surface area contributed by atoms with Gasteiger partial charge in [-0.05, 0) is 82.9 Å². The molecular formula is C25H46. The Labute approximate surface area is 158 Å². The van der Waals surface area contributed by atoms with Crippen molar-refractivity contribution < 1.29 is 0 Å². The van der Waals surface area contributed by atoms with E-state index in [1.165, 1.54) is 12.8 Å². The van der Waals surface area contributed by atoms with Crippen molar-refractivity contribution in [2.75, 3.05) is 0 Å². The van der Waals surface area contributed by atoms with Gasteiger partial charge in [-0.1, -0.05) is 75.7 Å². The Kier molecular flexibility index (Phi) is 5.18. The lowest BCUT2D eigenvalue weighted by atomic mass is 9.71. The van der Waals surface area contributed by atoms with E-state index in [1.807, 2.05) is 0 Å². The lowest BCUT2D eigenvalue weighted by molar-refractivity contribution is 0.139. The first kappa shape index (κ1) is 19.8. The highest BCUT2D eigenvalue weighted by molar-refractivity contribution is 5.24. The zero-order valence-electron chi connectivity index (χ0n) is 18.8. The SMILES string of the molecule is CCC1C(C)C1C(C)C(C)C(C)C(C)C(C)C1CC12C(C)C2C(C)C. The smallest absolute Gasteiger partial charge is 0.0201 e. The lowest BCUT2D eigenvalue weighted by Crippen LogP contribution is -2.28. The van der Waals surface area contributed by atoms with E-state index >= 15 is 0 Å². The van der Waals surface area contributed by atoms with Crippen LogP contribution in [0.3, 0.4) is 0 Å². The van der Waals surface area contributed by atoms with Gasteiger partial charge in [0.2, 0.25) is 0 Å². The fourth-order valence-electron chi connectivity index (χ4n) is 8.04. The molecule has 0 aliphatic heterocycles. The van der Waals surface area contributed by atoms with E-state index in [9.17, 15) is 0 Å². The van der Waals surface area contributed by atoms with E-state index in [1.54, 1.807) is 0 Å². The summed E-state index contributed by atoms with van der Waals surface area (Å²) in [5, 5.41) is 0. The van der Waals surface area contributed by atoms with Gasteiger partial charge in [0.15, 0.2) is 0 Å². The Bertz CT molecular complexity index is 478. The molecule has 12 atom stereocenters. The van der Waals surface area contributed by atoms with Crippen LogP contribution in [0.1, 0.15) is 82.1 Å². The summed E-state index contributed by atoms with van der Waals surface area (Å²) in [5.41, 5.74) is 0.773. The zero-order valence-corrected chi connectivity index (χ0v) is 18.8. The molecule has 3 fully saturated rings. The van der Waals surface area contributed by atoms with Crippen LogP contribution < -0.4 is 0 Å². The van der Waals surface area contributed by atoms with E-state index in [0.29, 0.717) is 0 Å². The molecule has 3 saturated carbocycles. The summed E-state index contributed by atoms with van der Waals surface area (Å²) in [7, 11) is 0. The minimum absolute atomic E-state index is 0.773. The summed E-state index contributed by atoms with van der Waals surface area (Å²) in [6.07, 6.45) is 2.93. The standard InChI is InChI=1S/C25H46/c1-11-21-19(9)23(21)18(8)16(6)14(4)15(5)17(7)22-12-25(22)20(10)24(25)13(2)3/h13-24H,11-12H2,1-10H3. The van der Waals surface area contributed by atoms with Crippen molar-refractivity contribution in [2.24, 2.45) is 76.4 Å². The van der Waals surface area contributed by atoms with E-state index in [4.69, 9.17) is 0 Å². The quantitative estimate of drug-likeness (QED) is 0.430. The van der Waals surface area contributed by atoms with E-state index < -0.39 is 0 Å². The Balaban J connectivity index is 1.57. The van der Waals surface area contributed by atoms with Crippen LogP contribution in [0.25, 0.3) is 0 Å². The van der Waals surface area contributed by atoms with Crippen LogP contribution in [0.4, 0.5) is 0 Å². The summed E-state index contributed by atoms with van der Waals surface area (Å²) in [4.78, 5) is 0. The van der Waals surface area contributed by atoms with Crippen molar-refractivity contribution in [2.45, 2.75) is 82.1 Å². The van der Waals surface area contributed by atoms with Gasteiger partial charge in [-0.25, -0.2) is 0 Å². The molecule has 0 amide bonds. The maximum absolute atomic E-state index is 2.59. The van der Waals surface area contributed by atoms with Gasteiger partial charge in [0, 0.05) is 0 Å². The van der Waals surface area contributed by atoms with Crippen molar-refractivity contribution in [3.8, 4) is 0 Å². The maximum atomic E-state index is 2.59. The van der Waals surface area contributed by atoms with Crippen molar-refractivity contribution >= 4 is 0 Å².